The van der Waals surface area contributed by atoms with E-state index < -0.39 is 0 Å². The Bertz CT molecular complexity index is 963. The highest BCUT2D eigenvalue weighted by Crippen LogP contribution is 2.46. The number of nitrogens with one attached hydrogen (secondary N) is 1. The smallest absolute Gasteiger partial charge is 0.254 e. The van der Waals surface area contributed by atoms with Gasteiger partial charge in [0.15, 0.2) is 0 Å². The van der Waals surface area contributed by atoms with Crippen molar-refractivity contribution in [2.75, 3.05) is 6.54 Å². The maximum Gasteiger partial charge on any atom is 0.254 e. The molecule has 2 heterocycles. The summed E-state index contributed by atoms with van der Waals surface area (Å²) >= 11 is 6.31. The van der Waals surface area contributed by atoms with E-state index in [1.165, 1.54) is 0 Å². The Labute approximate surface area is 163 Å². The van der Waals surface area contributed by atoms with Crippen LogP contribution in [0.5, 0.6) is 0 Å². The lowest BCUT2D eigenvalue weighted by atomic mass is 10.0. The molecule has 27 heavy (non-hydrogen) atoms. The van der Waals surface area contributed by atoms with E-state index in [1.807, 2.05) is 49.4 Å². The molecule has 0 spiro atoms. The molecule has 138 valence electrons. The zero-order chi connectivity index (χ0) is 18.9. The van der Waals surface area contributed by atoms with Crippen molar-refractivity contribution < 1.29 is 4.79 Å². The van der Waals surface area contributed by atoms with Gasteiger partial charge in [-0.25, -0.2) is 4.68 Å². The molecule has 3 aromatic rings. The number of amides is 1. The van der Waals surface area contributed by atoms with Gasteiger partial charge in [-0.2, -0.15) is 5.10 Å². The van der Waals surface area contributed by atoms with Gasteiger partial charge in [-0.05, 0) is 43.5 Å². The maximum atomic E-state index is 12.8. The second-order valence-corrected chi connectivity index (χ2v) is 7.31. The van der Waals surface area contributed by atoms with Crippen molar-refractivity contribution in [3.8, 4) is 5.69 Å². The van der Waals surface area contributed by atoms with Crippen LogP contribution in [0.3, 0.4) is 0 Å². The van der Waals surface area contributed by atoms with Gasteiger partial charge >= 0.3 is 0 Å². The van der Waals surface area contributed by atoms with Gasteiger partial charge in [0, 0.05) is 23.9 Å². The predicted molar refractivity (Wildman–Crippen MR) is 105 cm³/mol. The Morgan fingerprint density at radius 2 is 2.00 bits per heavy atom. The molecule has 0 saturated heterocycles. The number of pyridine rings is 1. The molecule has 6 heteroatoms. The van der Waals surface area contributed by atoms with Gasteiger partial charge < -0.3 is 5.32 Å². The molecule has 2 aromatic heterocycles. The van der Waals surface area contributed by atoms with E-state index in [2.05, 4.69) is 15.4 Å². The number of hydrogen-bond acceptors (Lipinski definition) is 3. The lowest BCUT2D eigenvalue weighted by Crippen LogP contribution is -2.33. The van der Waals surface area contributed by atoms with E-state index in [9.17, 15) is 4.79 Å². The van der Waals surface area contributed by atoms with E-state index >= 15 is 0 Å². The topological polar surface area (TPSA) is 59.8 Å². The molecule has 5 nitrogen and oxygen atoms in total. The number of hydrogen-bond donors (Lipinski definition) is 1. The predicted octanol–water partition coefficient (Wildman–Crippen LogP) is 3.94. The number of rotatable bonds is 6. The van der Waals surface area contributed by atoms with Gasteiger partial charge in [0.2, 0.25) is 0 Å². The minimum atomic E-state index is -0.104. The van der Waals surface area contributed by atoms with E-state index in [4.69, 9.17) is 11.6 Å². The summed E-state index contributed by atoms with van der Waals surface area (Å²) in [6.45, 7) is 2.60. The Balaban J connectivity index is 1.54. The number of halogens is 1. The summed E-state index contributed by atoms with van der Waals surface area (Å²) in [5.41, 5.74) is 3.25. The van der Waals surface area contributed by atoms with Crippen LogP contribution < -0.4 is 5.32 Å². The number of carbonyl (C=O) groups is 1. The fourth-order valence-electron chi connectivity index (χ4n) is 3.43. The molecule has 0 atom stereocenters. The molecule has 1 saturated carbocycles. The van der Waals surface area contributed by atoms with E-state index in [0.29, 0.717) is 23.6 Å². The molecule has 4 rings (SSSR count). The number of nitrogens with zero attached hydrogens (tertiary/aromatic N) is 3. The first-order valence-corrected chi connectivity index (χ1v) is 9.54. The third kappa shape index (κ3) is 3.35. The second-order valence-electron chi connectivity index (χ2n) is 6.90. The maximum absolute atomic E-state index is 12.8. The molecule has 1 aliphatic rings. The number of benzene rings is 1. The summed E-state index contributed by atoms with van der Waals surface area (Å²) in [6.07, 6.45) is 6.20. The van der Waals surface area contributed by atoms with Crippen LogP contribution in [0, 0.1) is 0 Å². The van der Waals surface area contributed by atoms with E-state index in [-0.39, 0.29) is 11.3 Å². The van der Waals surface area contributed by atoms with Crippen molar-refractivity contribution >= 4 is 17.5 Å². The van der Waals surface area contributed by atoms with Gasteiger partial charge in [-0.15, -0.1) is 0 Å². The zero-order valence-electron chi connectivity index (χ0n) is 15.2. The Hall–Kier alpha value is -2.66. The van der Waals surface area contributed by atoms with Crippen LogP contribution in [0.4, 0.5) is 0 Å². The molecule has 1 aliphatic carbocycles. The van der Waals surface area contributed by atoms with Crippen LogP contribution in [0.15, 0.2) is 54.9 Å². The monoisotopic (exact) mass is 380 g/mol. The van der Waals surface area contributed by atoms with Crippen molar-refractivity contribution in [2.45, 2.75) is 31.6 Å². The van der Waals surface area contributed by atoms with Crippen molar-refractivity contribution in [1.29, 1.82) is 0 Å². The molecular weight excluding hydrogens is 360 g/mol. The summed E-state index contributed by atoms with van der Waals surface area (Å²) in [5.74, 6) is -0.104. The standard InChI is InChI=1S/C21H21ClN4O/c1-2-17-15(13-25-26(17)18-8-4-3-7-16(18)22)20(27)24-14-21(10-11-21)19-9-5-6-12-23-19/h3-9,12-13H,2,10-11,14H2,1H3,(H,24,27). The first kappa shape index (κ1) is 17.7. The average Bonchev–Trinajstić information content (AvgIpc) is 3.38. The molecule has 0 aliphatic heterocycles. The first-order valence-electron chi connectivity index (χ1n) is 9.16. The Morgan fingerprint density at radius 1 is 1.22 bits per heavy atom. The molecule has 0 unspecified atom stereocenters. The molecule has 0 bridgehead atoms. The van der Waals surface area contributed by atoms with Gasteiger partial charge in [0.05, 0.1) is 28.2 Å². The van der Waals surface area contributed by atoms with Gasteiger partial charge in [-0.1, -0.05) is 36.7 Å². The summed E-state index contributed by atoms with van der Waals surface area (Å²) < 4.78 is 1.75. The van der Waals surface area contributed by atoms with Crippen LogP contribution in [-0.4, -0.2) is 27.2 Å². The molecule has 1 N–H and O–H groups in total. The quantitative estimate of drug-likeness (QED) is 0.704. The lowest BCUT2D eigenvalue weighted by Gasteiger charge is -2.15. The average molecular weight is 381 g/mol. The highest BCUT2D eigenvalue weighted by atomic mass is 35.5. The highest BCUT2D eigenvalue weighted by molar-refractivity contribution is 6.32. The van der Waals surface area contributed by atoms with Gasteiger partial charge in [0.25, 0.3) is 5.91 Å². The number of para-hydroxylation sites is 1. The second kappa shape index (κ2) is 7.16. The van der Waals surface area contributed by atoms with Crippen molar-refractivity contribution in [3.05, 3.63) is 76.8 Å². The Kier molecular flexibility index (Phi) is 4.70. The highest BCUT2D eigenvalue weighted by Gasteiger charge is 2.45. The molecule has 1 fully saturated rings. The van der Waals surface area contributed by atoms with Crippen molar-refractivity contribution in [3.63, 3.8) is 0 Å². The van der Waals surface area contributed by atoms with E-state index in [1.54, 1.807) is 17.1 Å². The van der Waals surface area contributed by atoms with Crippen molar-refractivity contribution in [2.24, 2.45) is 0 Å². The lowest BCUT2D eigenvalue weighted by molar-refractivity contribution is 0.0948. The number of aromatic nitrogens is 3. The normalized spacial score (nSPS) is 14.7. The Morgan fingerprint density at radius 3 is 2.67 bits per heavy atom. The van der Waals surface area contributed by atoms with Crippen molar-refractivity contribution in [1.82, 2.24) is 20.1 Å². The van der Waals surface area contributed by atoms with Crippen LogP contribution in [0.1, 0.15) is 41.5 Å². The summed E-state index contributed by atoms with van der Waals surface area (Å²) in [7, 11) is 0. The molecular formula is C21H21ClN4O. The minimum Gasteiger partial charge on any atom is -0.351 e. The fourth-order valence-corrected chi connectivity index (χ4v) is 3.65. The summed E-state index contributed by atoms with van der Waals surface area (Å²) in [5, 5.41) is 8.11. The van der Waals surface area contributed by atoms with Gasteiger partial charge in [0.1, 0.15) is 0 Å². The third-order valence-corrected chi connectivity index (χ3v) is 5.50. The SMILES string of the molecule is CCc1c(C(=O)NCC2(c3ccccn3)CC2)cnn1-c1ccccc1Cl. The summed E-state index contributed by atoms with van der Waals surface area (Å²) in [6, 6.07) is 13.4. The van der Waals surface area contributed by atoms with Crippen LogP contribution in [0.2, 0.25) is 5.02 Å². The van der Waals surface area contributed by atoms with Crippen LogP contribution in [0.25, 0.3) is 5.69 Å². The third-order valence-electron chi connectivity index (χ3n) is 5.18. The zero-order valence-corrected chi connectivity index (χ0v) is 15.9. The fraction of sp³-hybridized carbons (Fsp3) is 0.286. The molecule has 1 aromatic carbocycles. The van der Waals surface area contributed by atoms with Crippen LogP contribution in [-0.2, 0) is 11.8 Å². The minimum absolute atomic E-state index is 0.0258. The van der Waals surface area contributed by atoms with E-state index in [0.717, 1.165) is 29.9 Å². The number of carbonyl (C=O) groups excluding carboxylic acids is 1. The molecule has 1 amide bonds. The summed E-state index contributed by atoms with van der Waals surface area (Å²) in [4.78, 5) is 17.3. The first-order chi connectivity index (χ1) is 13.1. The largest absolute Gasteiger partial charge is 0.351 e. The van der Waals surface area contributed by atoms with Gasteiger partial charge in [-0.3, -0.25) is 9.78 Å². The molecule has 0 radical (unpaired) electrons. The van der Waals surface area contributed by atoms with Crippen LogP contribution >= 0.6 is 11.6 Å².